The van der Waals surface area contributed by atoms with E-state index in [0.29, 0.717) is 47.5 Å². The zero-order valence-electron chi connectivity index (χ0n) is 18.6. The van der Waals surface area contributed by atoms with Gasteiger partial charge < -0.3 is 15.8 Å². The minimum absolute atomic E-state index is 0.0121. The first-order valence-corrected chi connectivity index (χ1v) is 11.1. The molecule has 0 saturated carbocycles. The molecule has 4 aromatic rings. The molecule has 0 spiro atoms. The molecule has 2 aromatic carbocycles. The Hall–Kier alpha value is -3.76. The lowest BCUT2D eigenvalue weighted by Crippen LogP contribution is -2.26. The number of ether oxygens (including phenoxy) is 1. The summed E-state index contributed by atoms with van der Waals surface area (Å²) in [6.07, 6.45) is 0.733. The van der Waals surface area contributed by atoms with Gasteiger partial charge in [-0.05, 0) is 44.5 Å². The highest BCUT2D eigenvalue weighted by Gasteiger charge is 2.26. The summed E-state index contributed by atoms with van der Waals surface area (Å²) in [5, 5.41) is 14.3. The molecule has 0 atom stereocenters. The minimum atomic E-state index is -0.582. The van der Waals surface area contributed by atoms with Crippen LogP contribution in [-0.4, -0.2) is 44.6 Å². The molecule has 4 rings (SSSR count). The molecule has 2 aromatic heterocycles. The first kappa shape index (κ1) is 23.4. The number of anilines is 1. The molecule has 0 aliphatic carbocycles. The fourth-order valence-corrected chi connectivity index (χ4v) is 3.79. The molecule has 0 aliphatic heterocycles. The number of nitrogens with one attached hydrogen (secondary N) is 1. The van der Waals surface area contributed by atoms with Crippen molar-refractivity contribution in [2.24, 2.45) is 0 Å². The van der Waals surface area contributed by atoms with Crippen LogP contribution in [0.25, 0.3) is 27.9 Å². The number of nitrogens with two attached hydrogens (primary N) is 1. The highest BCUT2D eigenvalue weighted by molar-refractivity contribution is 6.32. The Morgan fingerprint density at radius 2 is 1.94 bits per heavy atom. The van der Waals surface area contributed by atoms with Crippen LogP contribution in [0, 0.1) is 10.1 Å². The van der Waals surface area contributed by atoms with Crippen LogP contribution >= 0.6 is 11.6 Å². The molecule has 176 valence electrons. The second-order valence-corrected chi connectivity index (χ2v) is 8.31. The molecule has 0 bridgehead atoms. The first-order valence-electron chi connectivity index (χ1n) is 10.7. The van der Waals surface area contributed by atoms with E-state index in [2.05, 4.69) is 15.3 Å². The van der Waals surface area contributed by atoms with E-state index in [-0.39, 0.29) is 28.2 Å². The average molecular weight is 483 g/mol. The van der Waals surface area contributed by atoms with Gasteiger partial charge in [0.25, 0.3) is 11.6 Å². The smallest absolute Gasteiger partial charge is 0.289 e. The lowest BCUT2D eigenvalue weighted by atomic mass is 10.2. The van der Waals surface area contributed by atoms with Gasteiger partial charge in [-0.1, -0.05) is 23.7 Å². The second kappa shape index (κ2) is 9.62. The maximum atomic E-state index is 13.1. The van der Waals surface area contributed by atoms with E-state index in [9.17, 15) is 14.9 Å². The number of nitro benzene ring substituents is 1. The van der Waals surface area contributed by atoms with E-state index < -0.39 is 10.8 Å². The van der Waals surface area contributed by atoms with Crippen LogP contribution in [-0.2, 0) is 4.74 Å². The van der Waals surface area contributed by atoms with E-state index in [1.165, 1.54) is 16.7 Å². The lowest BCUT2D eigenvalue weighted by Gasteiger charge is -2.09. The van der Waals surface area contributed by atoms with Gasteiger partial charge in [-0.3, -0.25) is 19.5 Å². The molecule has 0 radical (unpaired) electrons. The third-order valence-corrected chi connectivity index (χ3v) is 5.49. The van der Waals surface area contributed by atoms with Gasteiger partial charge in [0.15, 0.2) is 5.65 Å². The van der Waals surface area contributed by atoms with Gasteiger partial charge in [-0.2, -0.15) is 0 Å². The van der Waals surface area contributed by atoms with Crippen LogP contribution in [0.2, 0.25) is 5.02 Å². The molecule has 0 fully saturated rings. The van der Waals surface area contributed by atoms with E-state index in [1.807, 2.05) is 26.0 Å². The minimum Gasteiger partial charge on any atom is -0.384 e. The molecule has 10 nitrogen and oxygen atoms in total. The van der Waals surface area contributed by atoms with Gasteiger partial charge in [0.1, 0.15) is 21.9 Å². The van der Waals surface area contributed by atoms with E-state index in [4.69, 9.17) is 22.1 Å². The summed E-state index contributed by atoms with van der Waals surface area (Å²) in [6, 6.07) is 11.5. The molecule has 0 unspecified atom stereocenters. The highest BCUT2D eigenvalue weighted by atomic mass is 35.5. The Bertz CT molecular complexity index is 1400. The van der Waals surface area contributed by atoms with Crippen molar-refractivity contribution < 1.29 is 14.5 Å². The molecule has 34 heavy (non-hydrogen) atoms. The first-order chi connectivity index (χ1) is 16.3. The van der Waals surface area contributed by atoms with Crippen molar-refractivity contribution in [2.75, 3.05) is 18.9 Å². The Labute approximate surface area is 199 Å². The van der Waals surface area contributed by atoms with Crippen molar-refractivity contribution in [3.63, 3.8) is 0 Å². The third kappa shape index (κ3) is 4.50. The third-order valence-electron chi connectivity index (χ3n) is 5.17. The molecule has 3 N–H and O–H groups in total. The van der Waals surface area contributed by atoms with Gasteiger partial charge in [0.2, 0.25) is 0 Å². The topological polar surface area (TPSA) is 138 Å². The number of hydrogen-bond acceptors (Lipinski definition) is 7. The standard InChI is InChI=1S/C23H23ClN6O4/c1-13(2)34-11-5-10-26-23(31)19-20-22(28-17-7-4-3-6-16(17)27-20)29(21(19)25)14-8-9-15(24)18(12-14)30(32)33/h3-4,6-9,12-13H,5,10-11,25H2,1-2H3,(H,26,31). The van der Waals surface area contributed by atoms with Gasteiger partial charge in [-0.25, -0.2) is 9.97 Å². The molecular formula is C23H23ClN6O4. The SMILES string of the molecule is CC(C)OCCCNC(=O)c1c(N)n(-c2ccc(Cl)c([N+](=O)[O-])c2)c2nc3ccccc3nc12. The summed E-state index contributed by atoms with van der Waals surface area (Å²) in [4.78, 5) is 33.3. The van der Waals surface area contributed by atoms with Gasteiger partial charge in [-0.15, -0.1) is 0 Å². The fraction of sp³-hybridized carbons (Fsp3) is 0.261. The molecule has 2 heterocycles. The number of hydrogen-bond donors (Lipinski definition) is 2. The summed E-state index contributed by atoms with van der Waals surface area (Å²) in [5.41, 5.74) is 8.43. The molecule has 0 saturated heterocycles. The summed E-state index contributed by atoms with van der Waals surface area (Å²) >= 11 is 5.99. The van der Waals surface area contributed by atoms with E-state index >= 15 is 0 Å². The Kier molecular flexibility index (Phi) is 6.62. The number of para-hydroxylation sites is 2. The van der Waals surface area contributed by atoms with Crippen molar-refractivity contribution in [2.45, 2.75) is 26.4 Å². The Morgan fingerprint density at radius 3 is 2.62 bits per heavy atom. The fourth-order valence-electron chi connectivity index (χ4n) is 3.61. The zero-order valence-corrected chi connectivity index (χ0v) is 19.4. The number of nitro groups is 1. The Balaban J connectivity index is 1.82. The molecule has 1 amide bonds. The summed E-state index contributed by atoms with van der Waals surface area (Å²) in [6.45, 7) is 4.77. The number of amides is 1. The normalized spacial score (nSPS) is 11.4. The quantitative estimate of drug-likeness (QED) is 0.217. The highest BCUT2D eigenvalue weighted by Crippen LogP contribution is 2.34. The summed E-state index contributed by atoms with van der Waals surface area (Å²) < 4.78 is 6.99. The maximum Gasteiger partial charge on any atom is 0.289 e. The molecular weight excluding hydrogens is 460 g/mol. The van der Waals surface area contributed by atoms with Crippen molar-refractivity contribution >= 4 is 51.2 Å². The monoisotopic (exact) mass is 482 g/mol. The van der Waals surface area contributed by atoms with Gasteiger partial charge in [0, 0.05) is 19.2 Å². The van der Waals surface area contributed by atoms with Crippen LogP contribution in [0.1, 0.15) is 30.6 Å². The number of fused-ring (bicyclic) bond motifs is 2. The van der Waals surface area contributed by atoms with Crippen LogP contribution < -0.4 is 11.1 Å². The average Bonchev–Trinajstić information content (AvgIpc) is 3.08. The van der Waals surface area contributed by atoms with Crippen LogP contribution in [0.5, 0.6) is 0 Å². The lowest BCUT2D eigenvalue weighted by molar-refractivity contribution is -0.384. The number of carbonyl (C=O) groups is 1. The number of rotatable bonds is 8. The van der Waals surface area contributed by atoms with Crippen LogP contribution in [0.15, 0.2) is 42.5 Å². The van der Waals surface area contributed by atoms with E-state index in [0.717, 1.165) is 0 Å². The van der Waals surface area contributed by atoms with E-state index in [1.54, 1.807) is 18.2 Å². The van der Waals surface area contributed by atoms with Crippen molar-refractivity contribution in [3.05, 3.63) is 63.2 Å². The Morgan fingerprint density at radius 1 is 1.24 bits per heavy atom. The van der Waals surface area contributed by atoms with Crippen molar-refractivity contribution in [1.82, 2.24) is 19.9 Å². The molecule has 0 aliphatic rings. The number of aromatic nitrogens is 3. The van der Waals surface area contributed by atoms with Gasteiger partial charge in [0.05, 0.1) is 27.7 Å². The van der Waals surface area contributed by atoms with Gasteiger partial charge >= 0.3 is 0 Å². The summed E-state index contributed by atoms with van der Waals surface area (Å²) in [7, 11) is 0. The number of halogens is 1. The van der Waals surface area contributed by atoms with Crippen LogP contribution in [0.3, 0.4) is 0 Å². The number of carbonyl (C=O) groups excluding carboxylic acids is 1. The number of nitrogen functional groups attached to an aromatic ring is 1. The second-order valence-electron chi connectivity index (χ2n) is 7.90. The molecule has 11 heteroatoms. The predicted molar refractivity (Wildman–Crippen MR) is 130 cm³/mol. The predicted octanol–water partition coefficient (Wildman–Crippen LogP) is 4.26. The zero-order chi connectivity index (χ0) is 24.4. The van der Waals surface area contributed by atoms with Crippen LogP contribution in [0.4, 0.5) is 11.5 Å². The largest absolute Gasteiger partial charge is 0.384 e. The maximum absolute atomic E-state index is 13.1. The van der Waals surface area contributed by atoms with Crippen molar-refractivity contribution in [1.29, 1.82) is 0 Å². The number of nitrogens with zero attached hydrogens (tertiary/aromatic N) is 4. The number of benzene rings is 2. The summed E-state index contributed by atoms with van der Waals surface area (Å²) in [5.74, 6) is -0.350. The van der Waals surface area contributed by atoms with Crippen molar-refractivity contribution in [3.8, 4) is 5.69 Å².